The van der Waals surface area contributed by atoms with Crippen molar-refractivity contribution in [2.45, 2.75) is 169 Å². The molecule has 8 atom stereocenters. The van der Waals surface area contributed by atoms with Gasteiger partial charge < -0.3 is 38.5 Å². The Bertz CT molecular complexity index is 2170. The maximum Gasteiger partial charge on any atom is 0.329 e. The molecular weight excluding hydrogens is 949 g/mol. The predicted octanol–water partition coefficient (Wildman–Crippen LogP) is 5.80. The van der Waals surface area contributed by atoms with Crippen LogP contribution < -0.4 is 0 Å². The number of esters is 4. The molecule has 18 heteroatoms. The molecule has 2 aromatic carbocycles. The van der Waals surface area contributed by atoms with Gasteiger partial charge in [-0.3, -0.25) is 19.2 Å². The maximum absolute atomic E-state index is 14.8. The van der Waals surface area contributed by atoms with Crippen molar-refractivity contribution in [1.82, 2.24) is 19.6 Å². The third-order valence-corrected chi connectivity index (χ3v) is 12.9. The molecular formula is C56H78N6O12. The number of benzene rings is 2. The molecule has 74 heavy (non-hydrogen) atoms. The number of likely N-dealkylation sites (N-methyl/N-ethyl adjacent to an activating group) is 4. The van der Waals surface area contributed by atoms with E-state index in [2.05, 4.69) is 12.1 Å². The summed E-state index contributed by atoms with van der Waals surface area (Å²) in [5.74, 6) is -7.68. The van der Waals surface area contributed by atoms with Crippen LogP contribution in [0.15, 0.2) is 48.5 Å². The molecule has 0 unspecified atom stereocenters. The third kappa shape index (κ3) is 17.7. The van der Waals surface area contributed by atoms with Crippen molar-refractivity contribution >= 4 is 47.5 Å². The lowest BCUT2D eigenvalue weighted by atomic mass is 9.99. The molecule has 1 aliphatic heterocycles. The van der Waals surface area contributed by atoms with Crippen LogP contribution in [0, 0.1) is 46.3 Å². The molecule has 0 aromatic heterocycles. The molecule has 1 aliphatic rings. The topological polar surface area (TPSA) is 234 Å². The Kier molecular flexibility index (Phi) is 23.7. The van der Waals surface area contributed by atoms with Crippen molar-refractivity contribution in [3.05, 3.63) is 70.8 Å². The van der Waals surface area contributed by atoms with Crippen molar-refractivity contribution < 1.29 is 57.3 Å². The number of ether oxygens (including phenoxy) is 4. The van der Waals surface area contributed by atoms with Crippen molar-refractivity contribution in [2.75, 3.05) is 28.2 Å². The Balaban J connectivity index is 2.28. The molecule has 3 rings (SSSR count). The number of nitrogens with zero attached hydrogens (tertiary/aromatic N) is 6. The van der Waals surface area contributed by atoms with Crippen molar-refractivity contribution in [3.8, 4) is 12.1 Å². The van der Waals surface area contributed by atoms with Gasteiger partial charge in [0.15, 0.2) is 24.4 Å². The molecule has 1 saturated heterocycles. The summed E-state index contributed by atoms with van der Waals surface area (Å²) in [4.78, 5) is 120. The Morgan fingerprint density at radius 3 is 0.878 bits per heavy atom. The van der Waals surface area contributed by atoms with Gasteiger partial charge >= 0.3 is 23.9 Å². The van der Waals surface area contributed by atoms with Gasteiger partial charge in [0.1, 0.15) is 24.2 Å². The number of amides is 4. The normalized spacial score (nSPS) is 23.9. The van der Waals surface area contributed by atoms with E-state index in [0.717, 1.165) is 19.6 Å². The molecule has 18 nitrogen and oxygen atoms in total. The van der Waals surface area contributed by atoms with E-state index >= 15 is 0 Å². The smallest absolute Gasteiger partial charge is 0.329 e. The zero-order valence-corrected chi connectivity index (χ0v) is 45.8. The first-order chi connectivity index (χ1) is 34.7. The van der Waals surface area contributed by atoms with Crippen LogP contribution >= 0.6 is 0 Å². The quantitative estimate of drug-likeness (QED) is 0.161. The fourth-order valence-electron chi connectivity index (χ4n) is 8.68. The molecule has 404 valence electrons. The van der Waals surface area contributed by atoms with E-state index in [1.807, 2.05) is 55.4 Å². The van der Waals surface area contributed by atoms with Crippen LogP contribution in [-0.2, 0) is 83.0 Å². The van der Waals surface area contributed by atoms with E-state index in [1.165, 1.54) is 42.0 Å². The first-order valence-corrected chi connectivity index (χ1v) is 25.5. The largest absolute Gasteiger partial charge is 0.451 e. The van der Waals surface area contributed by atoms with E-state index in [0.29, 0.717) is 22.3 Å². The first kappa shape index (κ1) is 61.5. The summed E-state index contributed by atoms with van der Waals surface area (Å²) in [5.41, 5.74) is 2.54. The van der Waals surface area contributed by atoms with E-state index in [4.69, 9.17) is 18.9 Å². The van der Waals surface area contributed by atoms with Crippen molar-refractivity contribution in [3.63, 3.8) is 0 Å². The first-order valence-electron chi connectivity index (χ1n) is 25.5. The second kappa shape index (κ2) is 28.6. The average molecular weight is 1030 g/mol. The summed E-state index contributed by atoms with van der Waals surface area (Å²) in [6.45, 7) is 17.3. The lowest BCUT2D eigenvalue weighted by Gasteiger charge is -2.35. The van der Waals surface area contributed by atoms with Crippen LogP contribution in [0.4, 0.5) is 0 Å². The summed E-state index contributed by atoms with van der Waals surface area (Å²) in [6.07, 6.45) is -5.90. The SMILES string of the molecule is CC(C)C[C@H]1C(=O)O[C@H](Cc2ccc(CC#N)cc2)C(=O)N(C)[C@@H](CC(C)C)C(=O)O[C@H](C)C(=O)N(C)[C@@H](CC(C)C)C(=O)O[C@H](Cc2ccc(CC#N)cc2)C(=O)N(C)[C@@H](CC(C)C)C(=O)O[C@H](C)C(=O)N1C. The van der Waals surface area contributed by atoms with Crippen LogP contribution in [0.3, 0.4) is 0 Å². The Hall–Kier alpha value is -6.82. The number of carbonyl (C=O) groups excluding carboxylic acids is 8. The van der Waals surface area contributed by atoms with Crippen LogP contribution in [0.25, 0.3) is 0 Å². The minimum Gasteiger partial charge on any atom is -0.451 e. The molecule has 0 aliphatic carbocycles. The number of carbonyl (C=O) groups is 8. The van der Waals surface area contributed by atoms with Crippen molar-refractivity contribution in [1.29, 1.82) is 10.5 Å². The summed E-state index contributed by atoms with van der Waals surface area (Å²) in [6, 6.07) is 12.6. The highest BCUT2D eigenvalue weighted by Crippen LogP contribution is 2.24. The second-order valence-corrected chi connectivity index (χ2v) is 21.1. The van der Waals surface area contributed by atoms with Crippen LogP contribution in [0.1, 0.15) is 117 Å². The van der Waals surface area contributed by atoms with Crippen LogP contribution in [-0.4, -0.2) is 144 Å². The number of hydrogen-bond donors (Lipinski definition) is 0. The van der Waals surface area contributed by atoms with Gasteiger partial charge in [-0.1, -0.05) is 104 Å². The van der Waals surface area contributed by atoms with Gasteiger partial charge in [-0.05, 0) is 85.5 Å². The zero-order chi connectivity index (χ0) is 55.7. The molecule has 0 spiro atoms. The molecule has 0 N–H and O–H groups in total. The van der Waals surface area contributed by atoms with Gasteiger partial charge in [-0.25, -0.2) is 19.2 Å². The molecule has 2 aromatic rings. The predicted molar refractivity (Wildman–Crippen MR) is 274 cm³/mol. The minimum atomic E-state index is -1.56. The van der Waals surface area contributed by atoms with E-state index in [1.54, 1.807) is 48.5 Å². The number of rotatable bonds is 14. The lowest BCUT2D eigenvalue weighted by Crippen LogP contribution is -2.55. The zero-order valence-electron chi connectivity index (χ0n) is 45.8. The fraction of sp³-hybridized carbons (Fsp3) is 0.607. The fourth-order valence-corrected chi connectivity index (χ4v) is 8.68. The molecule has 0 radical (unpaired) electrons. The summed E-state index contributed by atoms with van der Waals surface area (Å²) in [5, 5.41) is 18.5. The van der Waals surface area contributed by atoms with Gasteiger partial charge in [0.05, 0.1) is 25.0 Å². The van der Waals surface area contributed by atoms with Crippen LogP contribution in [0.2, 0.25) is 0 Å². The molecule has 0 saturated carbocycles. The Morgan fingerprint density at radius 1 is 0.405 bits per heavy atom. The van der Waals surface area contributed by atoms with Crippen LogP contribution in [0.5, 0.6) is 0 Å². The molecule has 1 heterocycles. The molecule has 0 bridgehead atoms. The molecule has 4 amide bonds. The Morgan fingerprint density at radius 2 is 0.635 bits per heavy atom. The van der Waals surface area contributed by atoms with E-state index in [9.17, 15) is 48.9 Å². The molecule has 1 fully saturated rings. The summed E-state index contributed by atoms with van der Waals surface area (Å²) >= 11 is 0. The summed E-state index contributed by atoms with van der Waals surface area (Å²) < 4.78 is 23.9. The highest BCUT2D eigenvalue weighted by molar-refractivity contribution is 5.94. The van der Waals surface area contributed by atoms with Crippen molar-refractivity contribution in [2.24, 2.45) is 23.7 Å². The third-order valence-electron chi connectivity index (χ3n) is 12.9. The average Bonchev–Trinajstić information content (AvgIpc) is 3.34. The monoisotopic (exact) mass is 1030 g/mol. The number of nitriles is 2. The second-order valence-electron chi connectivity index (χ2n) is 21.1. The standard InChI is InChI=1S/C56H78N6O12/c1-33(2)27-43-53(67)71-37(9)49(63)59(11)46(30-36(7)8)56(70)74-48(32-42-21-17-40(18-22-42)24-26-58)52(66)62(14)44(28-34(3)4)54(68)72-38(10)50(64)60(12)45(29-35(5)6)55(69)73-47(51(65)61(43)13)31-41-19-15-39(16-20-41)23-25-57/h15-22,33-38,43-48H,23-24,27-32H2,1-14H3/t37-,38-,43+,44+,45+,46+,47-,48-/m1/s1. The van der Waals surface area contributed by atoms with Gasteiger partial charge in [-0.15, -0.1) is 0 Å². The Labute approximate surface area is 437 Å². The highest BCUT2D eigenvalue weighted by atomic mass is 16.6. The van der Waals surface area contributed by atoms with E-state index in [-0.39, 0.29) is 75.0 Å². The summed E-state index contributed by atoms with van der Waals surface area (Å²) in [7, 11) is 5.45. The lowest BCUT2D eigenvalue weighted by molar-refractivity contribution is -0.176. The maximum atomic E-state index is 14.8. The highest BCUT2D eigenvalue weighted by Gasteiger charge is 2.43. The van der Waals surface area contributed by atoms with E-state index < -0.39 is 96.1 Å². The van der Waals surface area contributed by atoms with Gasteiger partial charge in [0, 0.05) is 41.0 Å². The number of cyclic esters (lactones) is 4. The number of hydrogen-bond acceptors (Lipinski definition) is 14. The van der Waals surface area contributed by atoms with Gasteiger partial charge in [0.2, 0.25) is 0 Å². The van der Waals surface area contributed by atoms with Gasteiger partial charge in [-0.2, -0.15) is 10.5 Å². The minimum absolute atomic E-state index is 0.0659. The van der Waals surface area contributed by atoms with Gasteiger partial charge in [0.25, 0.3) is 23.6 Å².